The largest absolute Gasteiger partial charge is 0.495 e. The summed E-state index contributed by atoms with van der Waals surface area (Å²) in [7, 11) is 1.54. The van der Waals surface area contributed by atoms with E-state index in [1.165, 1.54) is 7.11 Å². The summed E-state index contributed by atoms with van der Waals surface area (Å²) in [4.78, 5) is 11.4. The van der Waals surface area contributed by atoms with Gasteiger partial charge in [0.25, 0.3) is 5.91 Å². The van der Waals surface area contributed by atoms with E-state index in [0.29, 0.717) is 33.4 Å². The minimum Gasteiger partial charge on any atom is -0.495 e. The molecule has 5 nitrogen and oxygen atoms in total. The van der Waals surface area contributed by atoms with Crippen molar-refractivity contribution in [3.8, 4) is 5.75 Å². The van der Waals surface area contributed by atoms with Crippen LogP contribution < -0.4 is 21.5 Å². The number of anilines is 3. The molecule has 5 N–H and O–H groups in total. The van der Waals surface area contributed by atoms with Gasteiger partial charge in [0.05, 0.1) is 23.4 Å². The Hall–Kier alpha value is -2.40. The maximum atomic E-state index is 11.4. The van der Waals surface area contributed by atoms with Crippen LogP contribution in [0.15, 0.2) is 36.4 Å². The van der Waals surface area contributed by atoms with Crippen molar-refractivity contribution in [3.63, 3.8) is 0 Å². The number of rotatable bonds is 4. The monoisotopic (exact) mass is 291 g/mol. The van der Waals surface area contributed by atoms with Crippen molar-refractivity contribution >= 4 is 34.6 Å². The lowest BCUT2D eigenvalue weighted by atomic mass is 10.1. The summed E-state index contributed by atoms with van der Waals surface area (Å²) in [6.45, 7) is 0. The summed E-state index contributed by atoms with van der Waals surface area (Å²) in [5.41, 5.74) is 13.1. The Morgan fingerprint density at radius 1 is 1.25 bits per heavy atom. The quantitative estimate of drug-likeness (QED) is 0.756. The summed E-state index contributed by atoms with van der Waals surface area (Å²) in [6, 6.07) is 10.0. The predicted octanol–water partition coefficient (Wildman–Crippen LogP) is 2.77. The van der Waals surface area contributed by atoms with Crippen molar-refractivity contribution in [2.24, 2.45) is 5.73 Å². The van der Waals surface area contributed by atoms with Crippen LogP contribution in [-0.4, -0.2) is 13.0 Å². The number of nitrogens with two attached hydrogens (primary N) is 2. The molecule has 0 radical (unpaired) electrons. The number of carbonyl (C=O) groups is 1. The van der Waals surface area contributed by atoms with E-state index in [0.717, 1.165) is 0 Å². The van der Waals surface area contributed by atoms with E-state index < -0.39 is 5.91 Å². The molecule has 2 aromatic rings. The maximum Gasteiger partial charge on any atom is 0.250 e. The van der Waals surface area contributed by atoms with E-state index in [-0.39, 0.29) is 0 Å². The summed E-state index contributed by atoms with van der Waals surface area (Å²) in [5.74, 6) is 0.0343. The zero-order chi connectivity index (χ0) is 14.7. The van der Waals surface area contributed by atoms with Crippen LogP contribution in [0.1, 0.15) is 10.4 Å². The van der Waals surface area contributed by atoms with Crippen LogP contribution in [0.3, 0.4) is 0 Å². The van der Waals surface area contributed by atoms with Gasteiger partial charge in [-0.3, -0.25) is 4.79 Å². The Kier molecular flexibility index (Phi) is 4.00. The standard InChI is InChI=1S/C14H14ClN3O2/c1-20-13-5-3-9(7-11(13)15)18-12-6-8(16)2-4-10(12)14(17)19/h2-7,18H,16H2,1H3,(H2,17,19). The second-order valence-electron chi connectivity index (χ2n) is 4.14. The molecule has 20 heavy (non-hydrogen) atoms. The molecular weight excluding hydrogens is 278 g/mol. The fourth-order valence-electron chi connectivity index (χ4n) is 1.78. The Morgan fingerprint density at radius 2 is 2.00 bits per heavy atom. The lowest BCUT2D eigenvalue weighted by Gasteiger charge is -2.12. The topological polar surface area (TPSA) is 90.4 Å². The van der Waals surface area contributed by atoms with Crippen molar-refractivity contribution in [2.45, 2.75) is 0 Å². The molecular formula is C14H14ClN3O2. The first-order chi connectivity index (χ1) is 9.51. The molecule has 0 saturated carbocycles. The first-order valence-corrected chi connectivity index (χ1v) is 6.19. The van der Waals surface area contributed by atoms with Crippen molar-refractivity contribution < 1.29 is 9.53 Å². The van der Waals surface area contributed by atoms with Crippen LogP contribution in [0.2, 0.25) is 5.02 Å². The molecule has 0 heterocycles. The van der Waals surface area contributed by atoms with Crippen LogP contribution in [0, 0.1) is 0 Å². The zero-order valence-electron chi connectivity index (χ0n) is 10.8. The third-order valence-electron chi connectivity index (χ3n) is 2.74. The highest BCUT2D eigenvalue weighted by atomic mass is 35.5. The van der Waals surface area contributed by atoms with Gasteiger partial charge in [-0.25, -0.2) is 0 Å². The van der Waals surface area contributed by atoms with Crippen molar-refractivity contribution in [1.29, 1.82) is 0 Å². The lowest BCUT2D eigenvalue weighted by molar-refractivity contribution is 0.100. The van der Waals surface area contributed by atoms with E-state index in [2.05, 4.69) is 5.32 Å². The molecule has 0 saturated heterocycles. The molecule has 0 aliphatic rings. The van der Waals surface area contributed by atoms with Crippen molar-refractivity contribution in [2.75, 3.05) is 18.2 Å². The molecule has 0 bridgehead atoms. The highest BCUT2D eigenvalue weighted by molar-refractivity contribution is 6.32. The molecule has 1 amide bonds. The average Bonchev–Trinajstić information content (AvgIpc) is 2.38. The number of primary amides is 1. The first kappa shape index (κ1) is 14.0. The third kappa shape index (κ3) is 2.95. The van der Waals surface area contributed by atoms with Crippen LogP contribution >= 0.6 is 11.6 Å². The van der Waals surface area contributed by atoms with Gasteiger partial charge in [-0.2, -0.15) is 0 Å². The van der Waals surface area contributed by atoms with Crippen LogP contribution in [0.4, 0.5) is 17.1 Å². The van der Waals surface area contributed by atoms with E-state index in [9.17, 15) is 4.79 Å². The number of nitrogen functional groups attached to an aromatic ring is 1. The van der Waals surface area contributed by atoms with Crippen molar-refractivity contribution in [1.82, 2.24) is 0 Å². The number of methoxy groups -OCH3 is 1. The number of benzene rings is 2. The summed E-state index contributed by atoms with van der Waals surface area (Å²) in [5, 5.41) is 3.53. The molecule has 0 atom stereocenters. The second kappa shape index (κ2) is 5.71. The minimum absolute atomic E-state index is 0.353. The number of nitrogens with one attached hydrogen (secondary N) is 1. The number of hydrogen-bond acceptors (Lipinski definition) is 4. The Balaban J connectivity index is 2.36. The fraction of sp³-hybridized carbons (Fsp3) is 0.0714. The van der Waals surface area contributed by atoms with Gasteiger partial charge in [0.15, 0.2) is 0 Å². The molecule has 104 valence electrons. The Morgan fingerprint density at radius 3 is 2.60 bits per heavy atom. The minimum atomic E-state index is -0.535. The van der Waals surface area contributed by atoms with Gasteiger partial charge in [0, 0.05) is 11.4 Å². The average molecular weight is 292 g/mol. The van der Waals surface area contributed by atoms with E-state index >= 15 is 0 Å². The molecule has 0 aliphatic carbocycles. The highest BCUT2D eigenvalue weighted by Gasteiger charge is 2.09. The van der Waals surface area contributed by atoms with E-state index in [4.69, 9.17) is 27.8 Å². The SMILES string of the molecule is COc1ccc(Nc2cc(N)ccc2C(N)=O)cc1Cl. The molecule has 0 fully saturated rings. The highest BCUT2D eigenvalue weighted by Crippen LogP contribution is 2.30. The number of hydrogen-bond donors (Lipinski definition) is 3. The van der Waals surface area contributed by atoms with Gasteiger partial charge in [-0.15, -0.1) is 0 Å². The summed E-state index contributed by atoms with van der Waals surface area (Å²) < 4.78 is 5.08. The van der Waals surface area contributed by atoms with Crippen molar-refractivity contribution in [3.05, 3.63) is 47.0 Å². The normalized spacial score (nSPS) is 10.1. The van der Waals surface area contributed by atoms with Gasteiger partial charge >= 0.3 is 0 Å². The number of ether oxygens (including phenoxy) is 1. The van der Waals surface area contributed by atoms with Crippen LogP contribution in [0.25, 0.3) is 0 Å². The molecule has 0 aromatic heterocycles. The van der Waals surface area contributed by atoms with Gasteiger partial charge in [-0.05, 0) is 36.4 Å². The molecule has 6 heteroatoms. The maximum absolute atomic E-state index is 11.4. The third-order valence-corrected chi connectivity index (χ3v) is 3.04. The zero-order valence-corrected chi connectivity index (χ0v) is 11.6. The molecule has 2 rings (SSSR count). The Labute approximate surface area is 121 Å². The van der Waals surface area contributed by atoms with Gasteiger partial charge in [0.2, 0.25) is 0 Å². The van der Waals surface area contributed by atoms with E-state index in [1.807, 2.05) is 0 Å². The molecule has 2 aromatic carbocycles. The number of amides is 1. The smallest absolute Gasteiger partial charge is 0.250 e. The van der Waals surface area contributed by atoms with Gasteiger partial charge in [0.1, 0.15) is 5.75 Å². The summed E-state index contributed by atoms with van der Waals surface area (Å²) >= 11 is 6.05. The first-order valence-electron chi connectivity index (χ1n) is 5.81. The second-order valence-corrected chi connectivity index (χ2v) is 4.55. The van der Waals surface area contributed by atoms with Gasteiger partial charge < -0.3 is 21.5 Å². The fourth-order valence-corrected chi connectivity index (χ4v) is 2.04. The predicted molar refractivity (Wildman–Crippen MR) is 80.7 cm³/mol. The van der Waals surface area contributed by atoms with Crippen LogP contribution in [-0.2, 0) is 0 Å². The number of halogens is 1. The van der Waals surface area contributed by atoms with Crippen LogP contribution in [0.5, 0.6) is 5.75 Å². The Bertz CT molecular complexity index is 659. The molecule has 0 spiro atoms. The number of carbonyl (C=O) groups excluding carboxylic acids is 1. The molecule has 0 unspecified atom stereocenters. The lowest BCUT2D eigenvalue weighted by Crippen LogP contribution is -2.13. The summed E-state index contributed by atoms with van der Waals surface area (Å²) in [6.07, 6.45) is 0. The molecule has 0 aliphatic heterocycles. The van der Waals surface area contributed by atoms with Gasteiger partial charge in [-0.1, -0.05) is 11.6 Å². The van der Waals surface area contributed by atoms with E-state index in [1.54, 1.807) is 36.4 Å².